The van der Waals surface area contributed by atoms with Crippen molar-refractivity contribution >= 4 is 11.6 Å². The summed E-state index contributed by atoms with van der Waals surface area (Å²) in [6.07, 6.45) is 1.10. The summed E-state index contributed by atoms with van der Waals surface area (Å²) in [6.45, 7) is 1.91. The molecule has 0 atom stereocenters. The average molecular weight is 267 g/mol. The summed E-state index contributed by atoms with van der Waals surface area (Å²) in [4.78, 5) is 13.8. The molecule has 3 rings (SSSR count). The molecule has 4 nitrogen and oxygen atoms in total. The van der Waals surface area contributed by atoms with Crippen LogP contribution >= 0.6 is 0 Å². The van der Waals surface area contributed by atoms with E-state index in [1.807, 2.05) is 12.1 Å². The maximum atomic E-state index is 11.4. The van der Waals surface area contributed by atoms with Crippen LogP contribution in [0, 0.1) is 0 Å². The number of para-hydroxylation sites is 1. The van der Waals surface area contributed by atoms with E-state index in [9.17, 15) is 4.79 Å². The Morgan fingerprint density at radius 2 is 1.90 bits per heavy atom. The smallest absolute Gasteiger partial charge is 0.265 e. The van der Waals surface area contributed by atoms with Crippen molar-refractivity contribution in [3.05, 3.63) is 65.2 Å². The molecular weight excluding hydrogens is 250 g/mol. The van der Waals surface area contributed by atoms with Gasteiger partial charge < -0.3 is 4.90 Å². The molecule has 0 aliphatic carbocycles. The Balaban J connectivity index is 1.75. The van der Waals surface area contributed by atoms with E-state index in [1.54, 1.807) is 12.1 Å². The van der Waals surface area contributed by atoms with Crippen molar-refractivity contribution in [3.63, 3.8) is 0 Å². The first-order chi connectivity index (χ1) is 9.78. The molecule has 20 heavy (non-hydrogen) atoms. The SMILES string of the molecule is NNC(=O)c1ccc(CN2CCc3ccccc32)cc1. The number of hydrazine groups is 1. The number of hydrogen-bond acceptors (Lipinski definition) is 3. The molecule has 1 amide bonds. The third-order valence-electron chi connectivity index (χ3n) is 3.70. The molecule has 0 unspecified atom stereocenters. The van der Waals surface area contributed by atoms with Crippen LogP contribution in [0.2, 0.25) is 0 Å². The molecule has 0 saturated carbocycles. The summed E-state index contributed by atoms with van der Waals surface area (Å²) in [5.74, 6) is 4.86. The zero-order valence-electron chi connectivity index (χ0n) is 11.2. The lowest BCUT2D eigenvalue weighted by molar-refractivity contribution is 0.0953. The van der Waals surface area contributed by atoms with Crippen molar-refractivity contribution in [1.29, 1.82) is 0 Å². The fourth-order valence-electron chi connectivity index (χ4n) is 2.64. The van der Waals surface area contributed by atoms with E-state index in [4.69, 9.17) is 5.84 Å². The zero-order chi connectivity index (χ0) is 13.9. The molecule has 1 aliphatic heterocycles. The van der Waals surface area contributed by atoms with Gasteiger partial charge in [0, 0.05) is 24.3 Å². The quantitative estimate of drug-likeness (QED) is 0.507. The van der Waals surface area contributed by atoms with E-state index in [1.165, 1.54) is 16.8 Å². The van der Waals surface area contributed by atoms with E-state index in [0.29, 0.717) is 5.56 Å². The van der Waals surface area contributed by atoms with Crippen molar-refractivity contribution in [3.8, 4) is 0 Å². The van der Waals surface area contributed by atoms with Gasteiger partial charge in [-0.05, 0) is 35.7 Å². The Labute approximate surface area is 118 Å². The minimum absolute atomic E-state index is 0.261. The monoisotopic (exact) mass is 267 g/mol. The molecule has 0 spiro atoms. The average Bonchev–Trinajstić information content (AvgIpc) is 2.91. The van der Waals surface area contributed by atoms with Crippen LogP contribution in [0.3, 0.4) is 0 Å². The van der Waals surface area contributed by atoms with E-state index in [2.05, 4.69) is 34.6 Å². The number of rotatable bonds is 3. The Hall–Kier alpha value is -2.33. The second kappa shape index (κ2) is 5.35. The zero-order valence-corrected chi connectivity index (χ0v) is 11.2. The predicted octanol–water partition coefficient (Wildman–Crippen LogP) is 1.85. The number of benzene rings is 2. The Bertz CT molecular complexity index is 622. The first kappa shape index (κ1) is 12.7. The van der Waals surface area contributed by atoms with Gasteiger partial charge in [-0.25, -0.2) is 5.84 Å². The Kier molecular flexibility index (Phi) is 3.39. The van der Waals surface area contributed by atoms with E-state index >= 15 is 0 Å². The molecular formula is C16H17N3O. The topological polar surface area (TPSA) is 58.4 Å². The minimum Gasteiger partial charge on any atom is -0.367 e. The molecule has 0 aromatic heterocycles. The standard InChI is InChI=1S/C16H17N3O/c17-18-16(20)14-7-5-12(6-8-14)11-19-10-9-13-3-1-2-4-15(13)19/h1-8H,9-11,17H2,(H,18,20). The van der Waals surface area contributed by atoms with Crippen LogP contribution in [0.4, 0.5) is 5.69 Å². The number of nitrogens with two attached hydrogens (primary N) is 1. The van der Waals surface area contributed by atoms with Gasteiger partial charge in [-0.3, -0.25) is 10.2 Å². The summed E-state index contributed by atoms with van der Waals surface area (Å²) in [5.41, 5.74) is 6.63. The predicted molar refractivity (Wildman–Crippen MR) is 79.3 cm³/mol. The highest BCUT2D eigenvalue weighted by atomic mass is 16.2. The van der Waals surface area contributed by atoms with Crippen LogP contribution in [0.5, 0.6) is 0 Å². The fourth-order valence-corrected chi connectivity index (χ4v) is 2.64. The molecule has 102 valence electrons. The Morgan fingerprint density at radius 3 is 2.65 bits per heavy atom. The van der Waals surface area contributed by atoms with Gasteiger partial charge in [0.05, 0.1) is 0 Å². The second-order valence-corrected chi connectivity index (χ2v) is 4.97. The first-order valence-electron chi connectivity index (χ1n) is 6.70. The molecule has 0 fully saturated rings. The number of nitrogen functional groups attached to an aromatic ring is 1. The highest BCUT2D eigenvalue weighted by molar-refractivity contribution is 5.93. The summed E-state index contributed by atoms with van der Waals surface area (Å²) in [5, 5.41) is 0. The highest BCUT2D eigenvalue weighted by Crippen LogP contribution is 2.28. The number of hydrogen-bond donors (Lipinski definition) is 2. The van der Waals surface area contributed by atoms with Crippen molar-refractivity contribution < 1.29 is 4.79 Å². The summed E-state index contributed by atoms with van der Waals surface area (Å²) in [7, 11) is 0. The number of nitrogens with zero attached hydrogens (tertiary/aromatic N) is 1. The largest absolute Gasteiger partial charge is 0.367 e. The van der Waals surface area contributed by atoms with E-state index in [0.717, 1.165) is 19.5 Å². The van der Waals surface area contributed by atoms with Gasteiger partial charge in [-0.1, -0.05) is 30.3 Å². The number of anilines is 1. The van der Waals surface area contributed by atoms with Gasteiger partial charge in [0.2, 0.25) is 0 Å². The lowest BCUT2D eigenvalue weighted by Gasteiger charge is -2.19. The summed E-state index contributed by atoms with van der Waals surface area (Å²) in [6, 6.07) is 16.1. The number of nitrogens with one attached hydrogen (secondary N) is 1. The number of fused-ring (bicyclic) bond motifs is 1. The maximum Gasteiger partial charge on any atom is 0.265 e. The summed E-state index contributed by atoms with van der Waals surface area (Å²) < 4.78 is 0. The van der Waals surface area contributed by atoms with Crippen LogP contribution in [-0.4, -0.2) is 12.5 Å². The fraction of sp³-hybridized carbons (Fsp3) is 0.188. The lowest BCUT2D eigenvalue weighted by Crippen LogP contribution is -2.29. The second-order valence-electron chi connectivity index (χ2n) is 4.97. The molecule has 2 aromatic carbocycles. The lowest BCUT2D eigenvalue weighted by atomic mass is 10.1. The third kappa shape index (κ3) is 2.38. The van der Waals surface area contributed by atoms with Crippen LogP contribution in [-0.2, 0) is 13.0 Å². The van der Waals surface area contributed by atoms with Crippen LogP contribution in [0.25, 0.3) is 0 Å². The summed E-state index contributed by atoms with van der Waals surface area (Å²) >= 11 is 0. The third-order valence-corrected chi connectivity index (χ3v) is 3.70. The molecule has 1 aliphatic rings. The molecule has 4 heteroatoms. The van der Waals surface area contributed by atoms with Crippen LogP contribution in [0.15, 0.2) is 48.5 Å². The highest BCUT2D eigenvalue weighted by Gasteiger charge is 2.18. The Morgan fingerprint density at radius 1 is 1.15 bits per heavy atom. The van der Waals surface area contributed by atoms with Gasteiger partial charge in [0.25, 0.3) is 5.91 Å². The van der Waals surface area contributed by atoms with Crippen LogP contribution in [0.1, 0.15) is 21.5 Å². The number of carbonyl (C=O) groups is 1. The van der Waals surface area contributed by atoms with Crippen molar-refractivity contribution in [2.75, 3.05) is 11.4 Å². The molecule has 1 heterocycles. The maximum absolute atomic E-state index is 11.4. The van der Waals surface area contributed by atoms with Crippen molar-refractivity contribution in [1.82, 2.24) is 5.43 Å². The molecule has 0 saturated heterocycles. The van der Waals surface area contributed by atoms with Gasteiger partial charge in [-0.15, -0.1) is 0 Å². The van der Waals surface area contributed by atoms with E-state index < -0.39 is 0 Å². The van der Waals surface area contributed by atoms with Gasteiger partial charge >= 0.3 is 0 Å². The van der Waals surface area contributed by atoms with Gasteiger partial charge in [0.15, 0.2) is 0 Å². The first-order valence-corrected chi connectivity index (χ1v) is 6.70. The molecule has 0 bridgehead atoms. The normalized spacial score (nSPS) is 13.2. The van der Waals surface area contributed by atoms with E-state index in [-0.39, 0.29) is 5.91 Å². The van der Waals surface area contributed by atoms with Crippen molar-refractivity contribution in [2.24, 2.45) is 5.84 Å². The number of amides is 1. The molecule has 3 N–H and O–H groups in total. The molecule has 2 aromatic rings. The molecule has 0 radical (unpaired) electrons. The minimum atomic E-state index is -0.261. The van der Waals surface area contributed by atoms with Crippen molar-refractivity contribution in [2.45, 2.75) is 13.0 Å². The van der Waals surface area contributed by atoms with Crippen LogP contribution < -0.4 is 16.2 Å². The van der Waals surface area contributed by atoms with Gasteiger partial charge in [-0.2, -0.15) is 0 Å². The number of carbonyl (C=O) groups excluding carboxylic acids is 1. The van der Waals surface area contributed by atoms with Gasteiger partial charge in [0.1, 0.15) is 0 Å².